The van der Waals surface area contributed by atoms with Gasteiger partial charge in [0.1, 0.15) is 5.60 Å². The van der Waals surface area contributed by atoms with Gasteiger partial charge in [-0.05, 0) is 37.4 Å². The molecule has 1 amide bonds. The van der Waals surface area contributed by atoms with E-state index in [1.165, 1.54) is 6.92 Å². The molecule has 4 aliphatic carbocycles. The Hall–Kier alpha value is -2.08. The molecule has 0 radical (unpaired) electrons. The minimum Gasteiger partial charge on any atom is -0.454 e. The van der Waals surface area contributed by atoms with Crippen molar-refractivity contribution >= 4 is 17.6 Å². The monoisotopic (exact) mass is 586 g/mol. The molecule has 4 unspecified atom stereocenters. The SMILES string of the molecule is CCN1C[C@]2(OC(=O)c3ccccc3NC(C)=O)CC[C@H](OC)C34C1C([C@@H](O)[C@@H]32)[C@@]1(O)C[C@H](OC)C[C@H](OC)C1[C@H]4C. The van der Waals surface area contributed by atoms with Crippen LogP contribution in [0.5, 0.6) is 0 Å². The molecule has 1 aromatic rings. The average molecular weight is 587 g/mol. The molecule has 1 saturated heterocycles. The summed E-state index contributed by atoms with van der Waals surface area (Å²) in [4.78, 5) is 28.2. The van der Waals surface area contributed by atoms with E-state index in [-0.39, 0.29) is 47.7 Å². The lowest BCUT2D eigenvalue weighted by Crippen LogP contribution is -2.79. The number of ether oxygens (including phenoxy) is 4. The molecule has 5 aliphatic rings. The van der Waals surface area contributed by atoms with Crippen molar-refractivity contribution in [3.05, 3.63) is 29.8 Å². The number of likely N-dealkylation sites (N-methyl/N-ethyl adjacent to an activating group) is 1. The van der Waals surface area contributed by atoms with Crippen molar-refractivity contribution in [3.63, 3.8) is 0 Å². The van der Waals surface area contributed by atoms with E-state index >= 15 is 0 Å². The number of aliphatic hydroxyl groups is 2. The van der Waals surface area contributed by atoms with E-state index in [1.807, 2.05) is 0 Å². The predicted molar refractivity (Wildman–Crippen MR) is 154 cm³/mol. The normalized spacial score (nSPS) is 45.7. The second-order valence-corrected chi connectivity index (χ2v) is 13.3. The Balaban J connectivity index is 1.50. The van der Waals surface area contributed by atoms with Gasteiger partial charge in [-0.1, -0.05) is 26.0 Å². The molecule has 10 nitrogen and oxygen atoms in total. The van der Waals surface area contributed by atoms with Gasteiger partial charge >= 0.3 is 5.97 Å². The smallest absolute Gasteiger partial charge is 0.340 e. The van der Waals surface area contributed by atoms with Crippen molar-refractivity contribution in [2.45, 2.75) is 88.1 Å². The van der Waals surface area contributed by atoms with Gasteiger partial charge in [-0.15, -0.1) is 0 Å². The van der Waals surface area contributed by atoms with Crippen LogP contribution >= 0.6 is 0 Å². The molecule has 1 spiro atoms. The van der Waals surface area contributed by atoms with Gasteiger partial charge in [0.25, 0.3) is 0 Å². The third-order valence-electron chi connectivity index (χ3n) is 11.9. The summed E-state index contributed by atoms with van der Waals surface area (Å²) < 4.78 is 24.8. The summed E-state index contributed by atoms with van der Waals surface area (Å²) in [6.45, 7) is 6.78. The first-order valence-corrected chi connectivity index (χ1v) is 15.4. The van der Waals surface area contributed by atoms with Gasteiger partial charge < -0.3 is 34.5 Å². The second kappa shape index (κ2) is 10.5. The van der Waals surface area contributed by atoms with Crippen molar-refractivity contribution in [3.8, 4) is 0 Å². The van der Waals surface area contributed by atoms with Crippen LogP contribution in [0.25, 0.3) is 0 Å². The van der Waals surface area contributed by atoms with Gasteiger partial charge in [-0.2, -0.15) is 0 Å². The molecule has 6 rings (SSSR count). The molecule has 5 fully saturated rings. The number of carbonyl (C=O) groups excluding carboxylic acids is 2. The summed E-state index contributed by atoms with van der Waals surface area (Å²) >= 11 is 0. The predicted octanol–water partition coefficient (Wildman–Crippen LogP) is 2.47. The van der Waals surface area contributed by atoms with Gasteiger partial charge in [0.15, 0.2) is 0 Å². The van der Waals surface area contributed by atoms with Crippen LogP contribution in [-0.4, -0.2) is 103 Å². The number of benzene rings is 1. The van der Waals surface area contributed by atoms with Crippen molar-refractivity contribution in [2.75, 3.05) is 39.7 Å². The molecule has 0 aromatic heterocycles. The molecule has 1 aromatic carbocycles. The number of nitrogens with one attached hydrogen (secondary N) is 1. The molecule has 1 heterocycles. The molecular weight excluding hydrogens is 540 g/mol. The summed E-state index contributed by atoms with van der Waals surface area (Å²) in [7, 11) is 5.09. The van der Waals surface area contributed by atoms with Crippen LogP contribution in [0.15, 0.2) is 24.3 Å². The van der Waals surface area contributed by atoms with E-state index in [0.717, 1.165) is 0 Å². The first kappa shape index (κ1) is 30.0. The number of rotatable bonds is 7. The Morgan fingerprint density at radius 2 is 1.86 bits per heavy atom. The van der Waals surface area contributed by atoms with Crippen LogP contribution in [0.4, 0.5) is 5.69 Å². The lowest BCUT2D eigenvalue weighted by molar-refractivity contribution is -0.296. The Morgan fingerprint density at radius 1 is 1.12 bits per heavy atom. The molecule has 5 bridgehead atoms. The highest BCUT2D eigenvalue weighted by atomic mass is 16.6. The van der Waals surface area contributed by atoms with E-state index in [1.54, 1.807) is 45.6 Å². The fourth-order valence-corrected chi connectivity index (χ4v) is 10.8. The third kappa shape index (κ3) is 3.85. The zero-order valence-electron chi connectivity index (χ0n) is 25.5. The van der Waals surface area contributed by atoms with E-state index in [4.69, 9.17) is 18.9 Å². The van der Waals surface area contributed by atoms with Crippen LogP contribution in [-0.2, 0) is 23.7 Å². The zero-order valence-corrected chi connectivity index (χ0v) is 25.5. The molecule has 1 aliphatic heterocycles. The highest BCUT2D eigenvalue weighted by Crippen LogP contribution is 2.75. The highest BCUT2D eigenvalue weighted by Gasteiger charge is 2.84. The molecule has 10 heteroatoms. The number of likely N-dealkylation sites (tertiary alicyclic amines) is 1. The van der Waals surface area contributed by atoms with E-state index in [2.05, 4.69) is 24.1 Å². The minimum absolute atomic E-state index is 0.113. The summed E-state index contributed by atoms with van der Waals surface area (Å²) in [5.74, 6) is -2.14. The second-order valence-electron chi connectivity index (χ2n) is 13.3. The fourth-order valence-electron chi connectivity index (χ4n) is 10.8. The maximum absolute atomic E-state index is 14.0. The quantitative estimate of drug-likeness (QED) is 0.413. The lowest BCUT2D eigenvalue weighted by Gasteiger charge is -2.69. The molecule has 232 valence electrons. The third-order valence-corrected chi connectivity index (χ3v) is 11.9. The number of fused-ring (bicyclic) bond motifs is 2. The Labute approximate surface area is 248 Å². The zero-order chi connectivity index (χ0) is 30.2. The molecule has 12 atom stereocenters. The maximum atomic E-state index is 14.0. The van der Waals surface area contributed by atoms with Crippen LogP contribution in [0.2, 0.25) is 0 Å². The van der Waals surface area contributed by atoms with Crippen molar-refractivity contribution < 1.29 is 38.7 Å². The molecule has 3 N–H and O–H groups in total. The number of para-hydroxylation sites is 1. The van der Waals surface area contributed by atoms with Crippen LogP contribution in [0.3, 0.4) is 0 Å². The number of piperidine rings is 1. The topological polar surface area (TPSA) is 127 Å². The minimum atomic E-state index is -1.24. The Bertz CT molecular complexity index is 1230. The maximum Gasteiger partial charge on any atom is 0.340 e. The Morgan fingerprint density at radius 3 is 2.50 bits per heavy atom. The van der Waals surface area contributed by atoms with Gasteiger partial charge in [-0.3, -0.25) is 9.69 Å². The van der Waals surface area contributed by atoms with Crippen LogP contribution < -0.4 is 5.32 Å². The standard InChI is InChI=1S/C32H46N2O8/c1-7-34-16-30(42-29(37)20-10-8-9-11-21(20)33-18(3)35)13-12-23(41-6)32-17(2)24-22(40-5)14-19(39-4)15-31(24,38)25(28(32)34)26(36)27(30)32/h8-11,17,19,22-28,36,38H,7,12-16H2,1-6H3,(H,33,35)/t17-,19-,22+,23+,24?,25?,26-,27-,28?,30-,31-,32?/m1/s1. The van der Waals surface area contributed by atoms with Gasteiger partial charge in [0.05, 0.1) is 41.3 Å². The number of aliphatic hydroxyl groups excluding tert-OH is 1. The molecular formula is C32H46N2O8. The summed E-state index contributed by atoms with van der Waals surface area (Å²) in [5, 5.41) is 28.0. The number of nitrogens with zero attached hydrogens (tertiary/aromatic N) is 1. The number of hydrogen-bond donors (Lipinski definition) is 3. The first-order valence-electron chi connectivity index (χ1n) is 15.4. The van der Waals surface area contributed by atoms with E-state index < -0.39 is 40.5 Å². The molecule has 42 heavy (non-hydrogen) atoms. The number of hydrogen-bond acceptors (Lipinski definition) is 9. The average Bonchev–Trinajstić information content (AvgIpc) is 3.16. The van der Waals surface area contributed by atoms with Crippen LogP contribution in [0, 0.1) is 29.1 Å². The van der Waals surface area contributed by atoms with Gasteiger partial charge in [-0.25, -0.2) is 4.79 Å². The number of amides is 1. The highest BCUT2D eigenvalue weighted by molar-refractivity contribution is 6.00. The Kier molecular flexibility index (Phi) is 7.51. The van der Waals surface area contributed by atoms with Crippen molar-refractivity contribution in [1.82, 2.24) is 4.90 Å². The number of methoxy groups -OCH3 is 3. The van der Waals surface area contributed by atoms with E-state index in [9.17, 15) is 19.8 Å². The van der Waals surface area contributed by atoms with E-state index in [0.29, 0.717) is 44.5 Å². The summed E-state index contributed by atoms with van der Waals surface area (Å²) in [6.07, 6.45) is 0.656. The van der Waals surface area contributed by atoms with Crippen molar-refractivity contribution in [2.24, 2.45) is 29.1 Å². The summed E-state index contributed by atoms with van der Waals surface area (Å²) in [6, 6.07) is 6.67. The number of carbonyl (C=O) groups is 2. The number of anilines is 1. The largest absolute Gasteiger partial charge is 0.454 e. The summed E-state index contributed by atoms with van der Waals surface area (Å²) in [5.41, 5.74) is -2.18. The first-order chi connectivity index (χ1) is 20.0. The number of esters is 1. The van der Waals surface area contributed by atoms with Crippen LogP contribution in [0.1, 0.15) is 56.8 Å². The van der Waals surface area contributed by atoms with Gasteiger partial charge in [0.2, 0.25) is 5.91 Å². The lowest BCUT2D eigenvalue weighted by atomic mass is 9.43. The van der Waals surface area contributed by atoms with Gasteiger partial charge in [0, 0.05) is 76.9 Å². The fraction of sp³-hybridized carbons (Fsp3) is 0.750. The van der Waals surface area contributed by atoms with Crippen molar-refractivity contribution in [1.29, 1.82) is 0 Å². The molecule has 4 saturated carbocycles.